The van der Waals surface area contributed by atoms with E-state index in [0.717, 1.165) is 0 Å². The molecular formula is C12H21N3O4. The maximum atomic E-state index is 12.0. The molecule has 0 saturated carbocycles. The molecule has 0 aliphatic carbocycles. The van der Waals surface area contributed by atoms with Crippen LogP contribution in [0.2, 0.25) is 0 Å². The topological polar surface area (TPSA) is 98.7 Å². The van der Waals surface area contributed by atoms with E-state index in [1.807, 2.05) is 13.8 Å². The number of hydrogen-bond acceptors (Lipinski definition) is 3. The average Bonchev–Trinajstić information content (AvgIpc) is 2.52. The fourth-order valence-electron chi connectivity index (χ4n) is 1.90. The molecule has 1 rings (SSSR count). The molecule has 1 heterocycles. The molecule has 1 aliphatic heterocycles. The molecule has 1 aliphatic rings. The summed E-state index contributed by atoms with van der Waals surface area (Å²) < 4.78 is 0. The number of carbonyl (C=O) groups excluding carboxylic acids is 2. The highest BCUT2D eigenvalue weighted by molar-refractivity contribution is 5.83. The molecule has 0 aromatic heterocycles. The summed E-state index contributed by atoms with van der Waals surface area (Å²) in [5.41, 5.74) is 0. The third kappa shape index (κ3) is 5.15. The zero-order valence-electron chi connectivity index (χ0n) is 11.3. The first kappa shape index (κ1) is 15.3. The molecule has 1 saturated heterocycles. The van der Waals surface area contributed by atoms with Crippen molar-refractivity contribution in [3.8, 4) is 0 Å². The van der Waals surface area contributed by atoms with Gasteiger partial charge in [-0.05, 0) is 12.3 Å². The van der Waals surface area contributed by atoms with Crippen molar-refractivity contribution in [2.75, 3.05) is 19.6 Å². The summed E-state index contributed by atoms with van der Waals surface area (Å²) in [7, 11) is 0. The standard InChI is InChI=1S/C12H21N3O4/c1-8(2)7-9(11(17)18)14-12(19)15-5-3-10(16)13-4-6-15/h8-9H,3-7H2,1-2H3,(H,13,16)(H,14,19)(H,17,18)/t9-/m0/s1. The maximum absolute atomic E-state index is 12.0. The first-order chi connectivity index (χ1) is 8.90. The Morgan fingerprint density at radius 1 is 1.42 bits per heavy atom. The minimum atomic E-state index is -1.04. The van der Waals surface area contributed by atoms with Gasteiger partial charge in [0.25, 0.3) is 0 Å². The van der Waals surface area contributed by atoms with Gasteiger partial charge in [0.2, 0.25) is 5.91 Å². The Labute approximate surface area is 112 Å². The van der Waals surface area contributed by atoms with E-state index >= 15 is 0 Å². The van der Waals surface area contributed by atoms with Gasteiger partial charge in [-0.2, -0.15) is 0 Å². The fourth-order valence-corrected chi connectivity index (χ4v) is 1.90. The smallest absolute Gasteiger partial charge is 0.326 e. The fraction of sp³-hybridized carbons (Fsp3) is 0.750. The Morgan fingerprint density at radius 3 is 2.68 bits per heavy atom. The molecule has 1 atom stereocenters. The lowest BCUT2D eigenvalue weighted by molar-refractivity contribution is -0.139. The van der Waals surface area contributed by atoms with Gasteiger partial charge in [0.05, 0.1) is 0 Å². The number of nitrogens with one attached hydrogen (secondary N) is 2. The summed E-state index contributed by atoms with van der Waals surface area (Å²) in [6, 6.07) is -1.32. The van der Waals surface area contributed by atoms with Crippen LogP contribution in [0.3, 0.4) is 0 Å². The lowest BCUT2D eigenvalue weighted by Gasteiger charge is -2.23. The predicted octanol–water partition coefficient (Wildman–Crippen LogP) is 0.0172. The van der Waals surface area contributed by atoms with E-state index in [4.69, 9.17) is 5.11 Å². The minimum Gasteiger partial charge on any atom is -0.480 e. The van der Waals surface area contributed by atoms with Gasteiger partial charge in [0, 0.05) is 26.1 Å². The summed E-state index contributed by atoms with van der Waals surface area (Å²) in [6.45, 7) is 4.90. The lowest BCUT2D eigenvalue weighted by atomic mass is 10.0. The van der Waals surface area contributed by atoms with E-state index in [1.165, 1.54) is 4.90 Å². The van der Waals surface area contributed by atoms with Crippen LogP contribution in [0.5, 0.6) is 0 Å². The van der Waals surface area contributed by atoms with E-state index < -0.39 is 18.0 Å². The summed E-state index contributed by atoms with van der Waals surface area (Å²) in [5, 5.41) is 14.2. The number of carboxylic acid groups (broad SMARTS) is 1. The van der Waals surface area contributed by atoms with Crippen LogP contribution >= 0.6 is 0 Å². The summed E-state index contributed by atoms with van der Waals surface area (Å²) in [5.74, 6) is -0.952. The number of rotatable bonds is 4. The molecule has 3 amide bonds. The monoisotopic (exact) mass is 271 g/mol. The normalized spacial score (nSPS) is 17.6. The van der Waals surface area contributed by atoms with Crippen LogP contribution in [-0.2, 0) is 9.59 Å². The van der Waals surface area contributed by atoms with E-state index in [2.05, 4.69) is 10.6 Å². The largest absolute Gasteiger partial charge is 0.480 e. The maximum Gasteiger partial charge on any atom is 0.326 e. The van der Waals surface area contributed by atoms with Gasteiger partial charge in [-0.25, -0.2) is 9.59 Å². The van der Waals surface area contributed by atoms with Crippen molar-refractivity contribution in [3.05, 3.63) is 0 Å². The molecule has 0 spiro atoms. The quantitative estimate of drug-likeness (QED) is 0.671. The van der Waals surface area contributed by atoms with Crippen LogP contribution < -0.4 is 10.6 Å². The van der Waals surface area contributed by atoms with Crippen molar-refractivity contribution >= 4 is 17.9 Å². The van der Waals surface area contributed by atoms with Crippen molar-refractivity contribution in [1.82, 2.24) is 15.5 Å². The minimum absolute atomic E-state index is 0.0905. The number of aliphatic carboxylic acids is 1. The second-order valence-electron chi connectivity index (χ2n) is 5.06. The zero-order valence-corrected chi connectivity index (χ0v) is 11.3. The summed E-state index contributed by atoms with van der Waals surface area (Å²) in [6.07, 6.45) is 0.626. The first-order valence-electron chi connectivity index (χ1n) is 6.45. The molecular weight excluding hydrogens is 250 g/mol. The molecule has 108 valence electrons. The van der Waals surface area contributed by atoms with Gasteiger partial charge in [0.15, 0.2) is 0 Å². The Hall–Kier alpha value is -1.79. The van der Waals surface area contributed by atoms with E-state index in [9.17, 15) is 14.4 Å². The number of hydrogen-bond donors (Lipinski definition) is 3. The Balaban J connectivity index is 2.55. The highest BCUT2D eigenvalue weighted by Crippen LogP contribution is 2.06. The van der Waals surface area contributed by atoms with Crippen LogP contribution in [0, 0.1) is 5.92 Å². The van der Waals surface area contributed by atoms with Gasteiger partial charge in [-0.1, -0.05) is 13.8 Å². The van der Waals surface area contributed by atoms with Crippen LogP contribution in [0.1, 0.15) is 26.7 Å². The highest BCUT2D eigenvalue weighted by Gasteiger charge is 2.25. The average molecular weight is 271 g/mol. The second kappa shape index (κ2) is 6.96. The van der Waals surface area contributed by atoms with Crippen molar-refractivity contribution in [3.63, 3.8) is 0 Å². The third-order valence-corrected chi connectivity index (χ3v) is 2.90. The molecule has 3 N–H and O–H groups in total. The SMILES string of the molecule is CC(C)C[C@H](NC(=O)N1CCNC(=O)CC1)C(=O)O. The summed E-state index contributed by atoms with van der Waals surface area (Å²) in [4.78, 5) is 35.7. The molecule has 1 fully saturated rings. The van der Waals surface area contributed by atoms with Gasteiger partial charge >= 0.3 is 12.0 Å². The second-order valence-corrected chi connectivity index (χ2v) is 5.06. The van der Waals surface area contributed by atoms with Gasteiger partial charge < -0.3 is 20.6 Å². The molecule has 0 bridgehead atoms. The van der Waals surface area contributed by atoms with Crippen LogP contribution in [0.15, 0.2) is 0 Å². The first-order valence-corrected chi connectivity index (χ1v) is 6.45. The van der Waals surface area contributed by atoms with Crippen molar-refractivity contribution in [2.45, 2.75) is 32.7 Å². The number of nitrogens with zero attached hydrogens (tertiary/aromatic N) is 1. The number of carboxylic acids is 1. The lowest BCUT2D eigenvalue weighted by Crippen LogP contribution is -2.49. The molecule has 7 nitrogen and oxygen atoms in total. The molecule has 0 unspecified atom stereocenters. The molecule has 0 aromatic rings. The van der Waals surface area contributed by atoms with Crippen LogP contribution in [-0.4, -0.2) is 53.6 Å². The van der Waals surface area contributed by atoms with Gasteiger partial charge in [0.1, 0.15) is 6.04 Å². The van der Waals surface area contributed by atoms with Crippen molar-refractivity contribution in [2.24, 2.45) is 5.92 Å². The molecule has 19 heavy (non-hydrogen) atoms. The van der Waals surface area contributed by atoms with E-state index in [-0.39, 0.29) is 18.2 Å². The van der Waals surface area contributed by atoms with Crippen LogP contribution in [0.25, 0.3) is 0 Å². The Kier molecular flexibility index (Phi) is 5.59. The predicted molar refractivity (Wildman–Crippen MR) is 68.6 cm³/mol. The Morgan fingerprint density at radius 2 is 2.11 bits per heavy atom. The molecule has 7 heteroatoms. The van der Waals surface area contributed by atoms with Crippen molar-refractivity contribution in [1.29, 1.82) is 0 Å². The van der Waals surface area contributed by atoms with Gasteiger partial charge in [-0.15, -0.1) is 0 Å². The number of amides is 3. The van der Waals surface area contributed by atoms with E-state index in [1.54, 1.807) is 0 Å². The highest BCUT2D eigenvalue weighted by atomic mass is 16.4. The number of urea groups is 1. The number of carbonyl (C=O) groups is 3. The van der Waals surface area contributed by atoms with E-state index in [0.29, 0.717) is 26.1 Å². The van der Waals surface area contributed by atoms with Gasteiger partial charge in [-0.3, -0.25) is 4.79 Å². The van der Waals surface area contributed by atoms with Crippen LogP contribution in [0.4, 0.5) is 4.79 Å². The Bertz CT molecular complexity index is 357. The molecule has 0 radical (unpaired) electrons. The third-order valence-electron chi connectivity index (χ3n) is 2.90. The molecule has 0 aromatic carbocycles. The van der Waals surface area contributed by atoms with Crippen molar-refractivity contribution < 1.29 is 19.5 Å². The zero-order chi connectivity index (χ0) is 14.4. The summed E-state index contributed by atoms with van der Waals surface area (Å²) >= 11 is 0.